The quantitative estimate of drug-likeness (QED) is 0.401. The maximum absolute atomic E-state index is 12.2. The average molecular weight is 406 g/mol. The SMILES string of the molecule is O=C(COC(=O)c1cc2ccccc2oc1=O)Nc1nc(-c2ccccc2)cs1. The summed E-state index contributed by atoms with van der Waals surface area (Å²) >= 11 is 1.26. The van der Waals surface area contributed by atoms with Gasteiger partial charge in [-0.1, -0.05) is 48.5 Å². The lowest BCUT2D eigenvalue weighted by atomic mass is 10.2. The Bertz CT molecular complexity index is 1250. The summed E-state index contributed by atoms with van der Waals surface area (Å²) in [6.07, 6.45) is 0. The number of aromatic nitrogens is 1. The lowest BCUT2D eigenvalue weighted by Crippen LogP contribution is -2.23. The standard InChI is InChI=1S/C21H14N2O5S/c24-18(23-21-22-16(12-29-21)13-6-2-1-3-7-13)11-27-19(25)15-10-14-8-4-5-9-17(14)28-20(15)26/h1-10,12H,11H2,(H,22,23,24). The zero-order chi connectivity index (χ0) is 20.2. The van der Waals surface area contributed by atoms with E-state index in [1.54, 1.807) is 24.3 Å². The van der Waals surface area contributed by atoms with Gasteiger partial charge in [-0.25, -0.2) is 14.6 Å². The monoisotopic (exact) mass is 406 g/mol. The van der Waals surface area contributed by atoms with Crippen molar-refractivity contribution in [2.45, 2.75) is 0 Å². The molecule has 0 spiro atoms. The molecular formula is C21H14N2O5S. The van der Waals surface area contributed by atoms with Gasteiger partial charge in [-0.15, -0.1) is 11.3 Å². The van der Waals surface area contributed by atoms with Crippen molar-refractivity contribution in [3.05, 3.63) is 82.0 Å². The number of thiazole rings is 1. The van der Waals surface area contributed by atoms with Crippen molar-refractivity contribution < 1.29 is 18.7 Å². The number of para-hydroxylation sites is 1. The first kappa shape index (κ1) is 18.6. The van der Waals surface area contributed by atoms with Crippen molar-refractivity contribution in [1.82, 2.24) is 4.98 Å². The molecule has 2 aromatic heterocycles. The Kier molecular flexibility index (Phi) is 5.17. The van der Waals surface area contributed by atoms with Crippen LogP contribution in [0.1, 0.15) is 10.4 Å². The normalized spacial score (nSPS) is 10.6. The minimum Gasteiger partial charge on any atom is -0.452 e. The number of rotatable bonds is 5. The predicted octanol–water partition coefficient (Wildman–Crippen LogP) is 3.71. The van der Waals surface area contributed by atoms with Crippen molar-refractivity contribution in [3.63, 3.8) is 0 Å². The molecule has 2 heterocycles. The van der Waals surface area contributed by atoms with Crippen LogP contribution in [0.2, 0.25) is 0 Å². The second-order valence-corrected chi connectivity index (χ2v) is 6.87. The van der Waals surface area contributed by atoms with E-state index in [1.807, 2.05) is 35.7 Å². The molecule has 0 unspecified atom stereocenters. The topological polar surface area (TPSA) is 98.5 Å². The van der Waals surface area contributed by atoms with E-state index in [0.29, 0.717) is 16.1 Å². The molecule has 1 amide bonds. The van der Waals surface area contributed by atoms with E-state index >= 15 is 0 Å². The Morgan fingerprint density at radius 1 is 1.07 bits per heavy atom. The Morgan fingerprint density at radius 2 is 1.83 bits per heavy atom. The maximum atomic E-state index is 12.2. The molecule has 0 fully saturated rings. The smallest absolute Gasteiger partial charge is 0.351 e. The molecule has 0 bridgehead atoms. The minimum atomic E-state index is -0.927. The number of esters is 1. The number of carbonyl (C=O) groups is 2. The number of ether oxygens (including phenoxy) is 1. The van der Waals surface area contributed by atoms with E-state index in [1.165, 1.54) is 17.4 Å². The van der Waals surface area contributed by atoms with E-state index in [-0.39, 0.29) is 5.56 Å². The summed E-state index contributed by atoms with van der Waals surface area (Å²) in [4.78, 5) is 40.6. The van der Waals surface area contributed by atoms with Gasteiger partial charge in [-0.2, -0.15) is 0 Å². The third-order valence-corrected chi connectivity index (χ3v) is 4.77. The van der Waals surface area contributed by atoms with Crippen LogP contribution in [0, 0.1) is 0 Å². The number of carbonyl (C=O) groups excluding carboxylic acids is 2. The number of hydrogen-bond donors (Lipinski definition) is 1. The zero-order valence-electron chi connectivity index (χ0n) is 15.0. The van der Waals surface area contributed by atoms with Crippen molar-refractivity contribution in [2.75, 3.05) is 11.9 Å². The number of fused-ring (bicyclic) bond motifs is 1. The van der Waals surface area contributed by atoms with Crippen molar-refractivity contribution in [1.29, 1.82) is 0 Å². The van der Waals surface area contributed by atoms with E-state index in [0.717, 1.165) is 11.3 Å². The maximum Gasteiger partial charge on any atom is 0.351 e. The first-order valence-corrected chi connectivity index (χ1v) is 9.49. The van der Waals surface area contributed by atoms with E-state index in [2.05, 4.69) is 10.3 Å². The van der Waals surface area contributed by atoms with E-state index in [4.69, 9.17) is 9.15 Å². The first-order valence-electron chi connectivity index (χ1n) is 8.61. The molecule has 1 N–H and O–H groups in total. The second-order valence-electron chi connectivity index (χ2n) is 6.01. The number of hydrogen-bond acceptors (Lipinski definition) is 7. The predicted molar refractivity (Wildman–Crippen MR) is 109 cm³/mol. The van der Waals surface area contributed by atoms with Gasteiger partial charge in [-0.3, -0.25) is 10.1 Å². The van der Waals surface area contributed by atoms with Gasteiger partial charge < -0.3 is 9.15 Å². The summed E-state index contributed by atoms with van der Waals surface area (Å²) < 4.78 is 10.0. The highest BCUT2D eigenvalue weighted by molar-refractivity contribution is 7.14. The summed E-state index contributed by atoms with van der Waals surface area (Å²) in [6, 6.07) is 17.7. The Balaban J connectivity index is 1.39. The highest BCUT2D eigenvalue weighted by atomic mass is 32.1. The third-order valence-electron chi connectivity index (χ3n) is 4.02. The summed E-state index contributed by atoms with van der Waals surface area (Å²) in [7, 11) is 0. The van der Waals surface area contributed by atoms with Gasteiger partial charge in [0.05, 0.1) is 5.69 Å². The fourth-order valence-electron chi connectivity index (χ4n) is 2.64. The van der Waals surface area contributed by atoms with Crippen LogP contribution in [-0.4, -0.2) is 23.5 Å². The summed E-state index contributed by atoms with van der Waals surface area (Å²) in [6.45, 7) is -0.550. The summed E-state index contributed by atoms with van der Waals surface area (Å²) in [5, 5.41) is 5.36. The largest absolute Gasteiger partial charge is 0.452 e. The lowest BCUT2D eigenvalue weighted by molar-refractivity contribution is -0.119. The molecule has 29 heavy (non-hydrogen) atoms. The zero-order valence-corrected chi connectivity index (χ0v) is 15.8. The molecule has 0 aliphatic carbocycles. The van der Waals surface area contributed by atoms with Crippen molar-refractivity contribution in [3.8, 4) is 11.3 Å². The molecule has 4 rings (SSSR count). The van der Waals surface area contributed by atoms with Gasteiger partial charge in [0.25, 0.3) is 5.91 Å². The molecule has 0 aliphatic heterocycles. The van der Waals surface area contributed by atoms with Gasteiger partial charge in [-0.05, 0) is 12.1 Å². The Hall–Kier alpha value is -3.78. The van der Waals surface area contributed by atoms with E-state index < -0.39 is 24.1 Å². The van der Waals surface area contributed by atoms with Crippen LogP contribution in [0.4, 0.5) is 5.13 Å². The molecule has 2 aromatic carbocycles. The Labute approximate surface area is 168 Å². The minimum absolute atomic E-state index is 0.267. The van der Waals surface area contributed by atoms with Crippen molar-refractivity contribution in [2.24, 2.45) is 0 Å². The van der Waals surface area contributed by atoms with Gasteiger partial charge in [0.2, 0.25) is 0 Å². The molecule has 0 aliphatic rings. The molecule has 0 atom stereocenters. The average Bonchev–Trinajstić information content (AvgIpc) is 3.20. The second kappa shape index (κ2) is 8.07. The van der Waals surface area contributed by atoms with Gasteiger partial charge >= 0.3 is 11.6 Å². The molecular weight excluding hydrogens is 392 g/mol. The van der Waals surface area contributed by atoms with Crippen LogP contribution in [0.25, 0.3) is 22.2 Å². The number of amides is 1. The Morgan fingerprint density at radius 3 is 2.66 bits per heavy atom. The van der Waals surface area contributed by atoms with E-state index in [9.17, 15) is 14.4 Å². The number of nitrogens with one attached hydrogen (secondary N) is 1. The number of anilines is 1. The van der Waals surface area contributed by atoms with Gasteiger partial charge in [0.1, 0.15) is 11.1 Å². The highest BCUT2D eigenvalue weighted by Crippen LogP contribution is 2.24. The van der Waals surface area contributed by atoms with Gasteiger partial charge in [0, 0.05) is 16.3 Å². The van der Waals surface area contributed by atoms with Crippen LogP contribution in [0.15, 0.2) is 75.3 Å². The van der Waals surface area contributed by atoms with Crippen LogP contribution in [0.5, 0.6) is 0 Å². The summed E-state index contributed by atoms with van der Waals surface area (Å²) in [5.41, 5.74) is 0.943. The molecule has 7 nitrogen and oxygen atoms in total. The van der Waals surface area contributed by atoms with Crippen LogP contribution in [0.3, 0.4) is 0 Å². The lowest BCUT2D eigenvalue weighted by Gasteiger charge is -2.05. The fourth-order valence-corrected chi connectivity index (χ4v) is 3.38. The molecule has 144 valence electrons. The first-order chi connectivity index (χ1) is 14.1. The van der Waals surface area contributed by atoms with Crippen molar-refractivity contribution >= 4 is 39.3 Å². The van der Waals surface area contributed by atoms with Crippen LogP contribution < -0.4 is 10.9 Å². The summed E-state index contributed by atoms with van der Waals surface area (Å²) in [5.74, 6) is -1.48. The number of nitrogens with zero attached hydrogens (tertiary/aromatic N) is 1. The fraction of sp³-hybridized carbons (Fsp3) is 0.0476. The highest BCUT2D eigenvalue weighted by Gasteiger charge is 2.17. The molecule has 0 radical (unpaired) electrons. The molecule has 0 saturated carbocycles. The van der Waals surface area contributed by atoms with Crippen LogP contribution >= 0.6 is 11.3 Å². The van der Waals surface area contributed by atoms with Gasteiger partial charge in [0.15, 0.2) is 11.7 Å². The molecule has 4 aromatic rings. The third kappa shape index (κ3) is 4.22. The van der Waals surface area contributed by atoms with Crippen LogP contribution in [-0.2, 0) is 9.53 Å². The molecule has 0 saturated heterocycles. The number of benzene rings is 2. The molecule has 8 heteroatoms.